The summed E-state index contributed by atoms with van der Waals surface area (Å²) in [5.74, 6) is -0.167. The van der Waals surface area contributed by atoms with Gasteiger partial charge in [-0.3, -0.25) is 0 Å². The van der Waals surface area contributed by atoms with Crippen molar-refractivity contribution < 1.29 is 9.50 Å². The number of hydrogen-bond donors (Lipinski definition) is 1. The summed E-state index contributed by atoms with van der Waals surface area (Å²) in [6.45, 7) is 3.73. The molecular formula is C14H19FO. The third-order valence-electron chi connectivity index (χ3n) is 3.56. The Bertz CT molecular complexity index is 396. The van der Waals surface area contributed by atoms with Gasteiger partial charge < -0.3 is 5.11 Å². The van der Waals surface area contributed by atoms with Crippen LogP contribution in [-0.4, -0.2) is 11.7 Å². The summed E-state index contributed by atoms with van der Waals surface area (Å²) in [5, 5.41) is 9.31. The highest BCUT2D eigenvalue weighted by molar-refractivity contribution is 5.38. The minimum absolute atomic E-state index is 0.0251. The molecule has 16 heavy (non-hydrogen) atoms. The average Bonchev–Trinajstić information content (AvgIpc) is 2.28. The maximum Gasteiger partial charge on any atom is 0.127 e. The van der Waals surface area contributed by atoms with Crippen molar-refractivity contribution in [1.29, 1.82) is 0 Å². The predicted molar refractivity (Wildman–Crippen MR) is 63.2 cm³/mol. The third-order valence-corrected chi connectivity index (χ3v) is 3.56. The van der Waals surface area contributed by atoms with Crippen LogP contribution >= 0.6 is 0 Å². The zero-order chi connectivity index (χ0) is 11.8. The normalized spacial score (nSPS) is 16.0. The van der Waals surface area contributed by atoms with Gasteiger partial charge in [-0.15, -0.1) is 0 Å². The van der Waals surface area contributed by atoms with Crippen LogP contribution < -0.4 is 0 Å². The highest BCUT2D eigenvalue weighted by Gasteiger charge is 2.25. The Hall–Kier alpha value is -0.890. The van der Waals surface area contributed by atoms with E-state index >= 15 is 0 Å². The first kappa shape index (κ1) is 11.6. The molecule has 0 atom stereocenters. The topological polar surface area (TPSA) is 20.2 Å². The van der Waals surface area contributed by atoms with Gasteiger partial charge in [0, 0.05) is 5.41 Å². The van der Waals surface area contributed by atoms with E-state index in [4.69, 9.17) is 0 Å². The molecule has 0 aromatic heterocycles. The first-order chi connectivity index (χ1) is 7.54. The Morgan fingerprint density at radius 1 is 1.19 bits per heavy atom. The molecule has 2 rings (SSSR count). The minimum Gasteiger partial charge on any atom is -0.395 e. The van der Waals surface area contributed by atoms with Gasteiger partial charge in [0.1, 0.15) is 5.82 Å². The van der Waals surface area contributed by atoms with E-state index in [0.29, 0.717) is 5.56 Å². The SMILES string of the molecule is CC(C)(CO)c1cc2c(cc1F)CCCC2. The maximum atomic E-state index is 13.9. The monoisotopic (exact) mass is 222 g/mol. The maximum absolute atomic E-state index is 13.9. The standard InChI is InChI=1S/C14H19FO/c1-14(2,9-16)12-7-10-5-3-4-6-11(10)8-13(12)15/h7-8,16H,3-6,9H2,1-2H3. The van der Waals surface area contributed by atoms with Crippen molar-refractivity contribution in [1.82, 2.24) is 0 Å². The van der Waals surface area contributed by atoms with Gasteiger partial charge in [0.15, 0.2) is 0 Å². The molecule has 0 radical (unpaired) electrons. The van der Waals surface area contributed by atoms with E-state index < -0.39 is 5.41 Å². The fraction of sp³-hybridized carbons (Fsp3) is 0.571. The molecule has 0 unspecified atom stereocenters. The van der Waals surface area contributed by atoms with Crippen LogP contribution in [0.15, 0.2) is 12.1 Å². The number of halogens is 1. The van der Waals surface area contributed by atoms with Crippen molar-refractivity contribution in [3.8, 4) is 0 Å². The molecular weight excluding hydrogens is 203 g/mol. The first-order valence-electron chi connectivity index (χ1n) is 5.97. The molecule has 88 valence electrons. The molecule has 1 aliphatic rings. The number of benzene rings is 1. The summed E-state index contributed by atoms with van der Waals surface area (Å²) in [5.41, 5.74) is 2.58. The lowest BCUT2D eigenvalue weighted by molar-refractivity contribution is 0.215. The summed E-state index contributed by atoms with van der Waals surface area (Å²) in [4.78, 5) is 0. The van der Waals surface area contributed by atoms with E-state index in [-0.39, 0.29) is 12.4 Å². The number of rotatable bonds is 2. The Labute approximate surface area is 96.3 Å². The molecule has 2 heteroatoms. The van der Waals surface area contributed by atoms with E-state index in [1.807, 2.05) is 19.9 Å². The van der Waals surface area contributed by atoms with Crippen molar-refractivity contribution in [2.45, 2.75) is 44.9 Å². The molecule has 0 amide bonds. The van der Waals surface area contributed by atoms with E-state index in [1.165, 1.54) is 12.0 Å². The molecule has 0 heterocycles. The van der Waals surface area contributed by atoms with Crippen molar-refractivity contribution in [2.24, 2.45) is 0 Å². The molecule has 1 nitrogen and oxygen atoms in total. The molecule has 1 aromatic carbocycles. The second kappa shape index (κ2) is 4.17. The van der Waals surface area contributed by atoms with Gasteiger partial charge in [-0.25, -0.2) is 4.39 Å². The van der Waals surface area contributed by atoms with Gasteiger partial charge >= 0.3 is 0 Å². The molecule has 0 fully saturated rings. The molecule has 0 spiro atoms. The van der Waals surface area contributed by atoms with Crippen LogP contribution in [0, 0.1) is 5.82 Å². The summed E-state index contributed by atoms with van der Waals surface area (Å²) >= 11 is 0. The lowest BCUT2D eigenvalue weighted by Crippen LogP contribution is -2.24. The fourth-order valence-corrected chi connectivity index (χ4v) is 2.36. The lowest BCUT2D eigenvalue weighted by Gasteiger charge is -2.26. The number of hydrogen-bond acceptors (Lipinski definition) is 1. The lowest BCUT2D eigenvalue weighted by atomic mass is 9.81. The van der Waals surface area contributed by atoms with Crippen LogP contribution in [0.4, 0.5) is 4.39 Å². The average molecular weight is 222 g/mol. The van der Waals surface area contributed by atoms with E-state index in [2.05, 4.69) is 0 Å². The van der Waals surface area contributed by atoms with E-state index in [0.717, 1.165) is 24.8 Å². The van der Waals surface area contributed by atoms with Crippen LogP contribution in [-0.2, 0) is 18.3 Å². The Kier molecular flexibility index (Phi) is 3.02. The van der Waals surface area contributed by atoms with Crippen LogP contribution in [0.2, 0.25) is 0 Å². The van der Waals surface area contributed by atoms with E-state index in [1.54, 1.807) is 6.07 Å². The first-order valence-corrected chi connectivity index (χ1v) is 5.97. The second-order valence-electron chi connectivity index (χ2n) is 5.35. The van der Waals surface area contributed by atoms with Crippen molar-refractivity contribution in [2.75, 3.05) is 6.61 Å². The minimum atomic E-state index is -0.490. The number of aliphatic hydroxyl groups excluding tert-OH is 1. The van der Waals surface area contributed by atoms with Gasteiger partial charge in [0.05, 0.1) is 6.61 Å². The van der Waals surface area contributed by atoms with Crippen molar-refractivity contribution in [3.63, 3.8) is 0 Å². The van der Waals surface area contributed by atoms with Gasteiger partial charge in [-0.05, 0) is 48.4 Å². The largest absolute Gasteiger partial charge is 0.395 e. The molecule has 1 aromatic rings. The quantitative estimate of drug-likeness (QED) is 0.815. The predicted octanol–water partition coefficient (Wildman–Crippen LogP) is 2.97. The van der Waals surface area contributed by atoms with Crippen molar-refractivity contribution in [3.05, 3.63) is 34.6 Å². The van der Waals surface area contributed by atoms with Gasteiger partial charge in [0.25, 0.3) is 0 Å². The number of aryl methyl sites for hydroxylation is 2. The Balaban J connectivity index is 2.47. The smallest absolute Gasteiger partial charge is 0.127 e. The van der Waals surface area contributed by atoms with Crippen molar-refractivity contribution >= 4 is 0 Å². The second-order valence-corrected chi connectivity index (χ2v) is 5.35. The Morgan fingerprint density at radius 2 is 1.75 bits per heavy atom. The molecule has 0 bridgehead atoms. The number of aliphatic hydroxyl groups is 1. The fourth-order valence-electron chi connectivity index (χ4n) is 2.36. The third kappa shape index (κ3) is 1.99. The summed E-state index contributed by atoms with van der Waals surface area (Å²) in [6.07, 6.45) is 4.39. The summed E-state index contributed by atoms with van der Waals surface area (Å²) in [7, 11) is 0. The van der Waals surface area contributed by atoms with Gasteiger partial charge in [-0.2, -0.15) is 0 Å². The molecule has 1 aliphatic carbocycles. The van der Waals surface area contributed by atoms with Crippen LogP contribution in [0.25, 0.3) is 0 Å². The molecule has 0 saturated heterocycles. The zero-order valence-corrected chi connectivity index (χ0v) is 10.0. The van der Waals surface area contributed by atoms with Crippen LogP contribution in [0.5, 0.6) is 0 Å². The van der Waals surface area contributed by atoms with E-state index in [9.17, 15) is 9.50 Å². The molecule has 1 N–H and O–H groups in total. The Morgan fingerprint density at radius 3 is 2.31 bits per heavy atom. The molecule has 0 aliphatic heterocycles. The molecule has 0 saturated carbocycles. The zero-order valence-electron chi connectivity index (χ0n) is 10.0. The highest BCUT2D eigenvalue weighted by Crippen LogP contribution is 2.31. The van der Waals surface area contributed by atoms with Gasteiger partial charge in [0.2, 0.25) is 0 Å². The summed E-state index contributed by atoms with van der Waals surface area (Å²) in [6, 6.07) is 3.63. The number of fused-ring (bicyclic) bond motifs is 1. The van der Waals surface area contributed by atoms with Gasteiger partial charge in [-0.1, -0.05) is 19.9 Å². The van der Waals surface area contributed by atoms with Crippen LogP contribution in [0.3, 0.4) is 0 Å². The summed E-state index contributed by atoms with van der Waals surface area (Å²) < 4.78 is 13.9. The van der Waals surface area contributed by atoms with Crippen LogP contribution in [0.1, 0.15) is 43.4 Å². The highest BCUT2D eigenvalue weighted by atomic mass is 19.1.